The van der Waals surface area contributed by atoms with Crippen LogP contribution in [0.2, 0.25) is 5.02 Å². The number of non-ortho nitro benzene ring substituents is 1. The first-order valence-corrected chi connectivity index (χ1v) is 11.3. The molecule has 0 spiro atoms. The maximum absolute atomic E-state index is 13.5. The van der Waals surface area contributed by atoms with Gasteiger partial charge in [-0.2, -0.15) is 0 Å². The van der Waals surface area contributed by atoms with Crippen LogP contribution in [0.4, 0.5) is 17.1 Å². The summed E-state index contributed by atoms with van der Waals surface area (Å²) in [6.07, 6.45) is 5.28. The van der Waals surface area contributed by atoms with Crippen LogP contribution in [0, 0.1) is 17.0 Å². The van der Waals surface area contributed by atoms with E-state index in [1.807, 2.05) is 29.2 Å². The lowest BCUT2D eigenvalue weighted by atomic mass is 10.00. The molecule has 1 amide bonds. The third-order valence-electron chi connectivity index (χ3n) is 5.93. The number of halogens is 1. The highest BCUT2D eigenvalue weighted by molar-refractivity contribution is 6.33. The maximum atomic E-state index is 13.5. The molecule has 2 aromatic carbocycles. The molecule has 35 heavy (non-hydrogen) atoms. The van der Waals surface area contributed by atoms with Gasteiger partial charge in [-0.1, -0.05) is 59.8 Å². The standard InChI is InChI=1S/C25H24ClN5O4/c1-3-4-6-17-7-5-8-19(23(17)27)24-22(16(2)35-28-24)25(32)30-13-11-29(12-14-30)21-10-9-18(31(33)34)15-20(21)26/h3-10,15H,1,11-14,27H2,2H3/b6-4-. The van der Waals surface area contributed by atoms with E-state index < -0.39 is 4.92 Å². The summed E-state index contributed by atoms with van der Waals surface area (Å²) in [6, 6.07) is 9.92. The van der Waals surface area contributed by atoms with Crippen LogP contribution in [0.3, 0.4) is 0 Å². The summed E-state index contributed by atoms with van der Waals surface area (Å²) in [7, 11) is 0. The Morgan fingerprint density at radius 3 is 2.66 bits per heavy atom. The number of nitro groups is 1. The van der Waals surface area contributed by atoms with E-state index in [2.05, 4.69) is 11.7 Å². The van der Waals surface area contributed by atoms with Crippen molar-refractivity contribution in [2.24, 2.45) is 0 Å². The van der Waals surface area contributed by atoms with Gasteiger partial charge in [0.1, 0.15) is 17.0 Å². The molecule has 0 aliphatic carbocycles. The molecule has 4 rings (SSSR count). The number of anilines is 2. The highest BCUT2D eigenvalue weighted by atomic mass is 35.5. The van der Waals surface area contributed by atoms with Crippen molar-refractivity contribution < 1.29 is 14.2 Å². The van der Waals surface area contributed by atoms with Gasteiger partial charge in [-0.25, -0.2) is 0 Å². The Hall–Kier alpha value is -4.11. The van der Waals surface area contributed by atoms with Crippen molar-refractivity contribution in [2.45, 2.75) is 6.92 Å². The van der Waals surface area contributed by atoms with E-state index in [0.29, 0.717) is 65.2 Å². The van der Waals surface area contributed by atoms with Crippen LogP contribution in [0.15, 0.2) is 59.7 Å². The average Bonchev–Trinajstić information content (AvgIpc) is 3.24. The molecular weight excluding hydrogens is 470 g/mol. The van der Waals surface area contributed by atoms with Crippen molar-refractivity contribution in [3.63, 3.8) is 0 Å². The molecular formula is C25H24ClN5O4. The number of nitrogens with zero attached hydrogens (tertiary/aromatic N) is 4. The minimum Gasteiger partial charge on any atom is -0.398 e. The number of hydrogen-bond donors (Lipinski definition) is 1. The fourth-order valence-electron chi connectivity index (χ4n) is 4.09. The molecule has 1 fully saturated rings. The number of aromatic nitrogens is 1. The van der Waals surface area contributed by atoms with Crippen molar-refractivity contribution >= 4 is 40.6 Å². The number of aryl methyl sites for hydroxylation is 1. The van der Waals surface area contributed by atoms with Gasteiger partial charge in [0.15, 0.2) is 0 Å². The Labute approximate surface area is 207 Å². The van der Waals surface area contributed by atoms with Gasteiger partial charge in [0.05, 0.1) is 15.6 Å². The Morgan fingerprint density at radius 1 is 1.26 bits per heavy atom. The number of hydrogen-bond acceptors (Lipinski definition) is 7. The Bertz CT molecular complexity index is 1330. The quantitative estimate of drug-likeness (QED) is 0.223. The van der Waals surface area contributed by atoms with E-state index in [1.54, 1.807) is 30.0 Å². The van der Waals surface area contributed by atoms with Crippen LogP contribution in [-0.4, -0.2) is 47.1 Å². The number of nitrogen functional groups attached to an aromatic ring is 1. The van der Waals surface area contributed by atoms with Crippen LogP contribution >= 0.6 is 11.6 Å². The van der Waals surface area contributed by atoms with Crippen molar-refractivity contribution in [3.8, 4) is 11.3 Å². The molecule has 0 atom stereocenters. The molecule has 2 heterocycles. The molecule has 10 heteroatoms. The van der Waals surface area contributed by atoms with Gasteiger partial charge in [-0.15, -0.1) is 0 Å². The molecule has 2 N–H and O–H groups in total. The lowest BCUT2D eigenvalue weighted by Crippen LogP contribution is -2.49. The predicted octanol–water partition coefficient (Wildman–Crippen LogP) is 4.96. The van der Waals surface area contributed by atoms with E-state index in [4.69, 9.17) is 21.9 Å². The number of nitro benzene ring substituents is 1. The molecule has 3 aromatic rings. The van der Waals surface area contributed by atoms with Gasteiger partial charge in [0.25, 0.3) is 11.6 Å². The Morgan fingerprint density at radius 2 is 2.00 bits per heavy atom. The highest BCUT2D eigenvalue weighted by Gasteiger charge is 2.30. The second kappa shape index (κ2) is 10.0. The van der Waals surface area contributed by atoms with Crippen LogP contribution in [0.5, 0.6) is 0 Å². The lowest BCUT2D eigenvalue weighted by molar-refractivity contribution is -0.384. The number of nitrogens with two attached hydrogens (primary N) is 1. The minimum atomic E-state index is -0.483. The first-order valence-electron chi connectivity index (χ1n) is 10.9. The monoisotopic (exact) mass is 493 g/mol. The third-order valence-corrected chi connectivity index (χ3v) is 6.24. The molecule has 1 aromatic heterocycles. The van der Waals surface area contributed by atoms with Gasteiger partial charge in [0, 0.05) is 49.6 Å². The van der Waals surface area contributed by atoms with Crippen molar-refractivity contribution in [2.75, 3.05) is 36.8 Å². The topological polar surface area (TPSA) is 119 Å². The SMILES string of the molecule is C=C/C=C\c1cccc(-c2noc(C)c2C(=O)N2CCN(c3ccc([N+](=O)[O-])cc3Cl)CC2)c1N. The molecule has 1 aliphatic rings. The molecule has 9 nitrogen and oxygen atoms in total. The van der Waals surface area contributed by atoms with Crippen LogP contribution < -0.4 is 10.6 Å². The number of para-hydroxylation sites is 1. The zero-order valence-electron chi connectivity index (χ0n) is 19.1. The third kappa shape index (κ3) is 4.76. The first kappa shape index (κ1) is 24.0. The summed E-state index contributed by atoms with van der Waals surface area (Å²) in [5.74, 6) is 0.219. The molecule has 0 radical (unpaired) electrons. The van der Waals surface area contributed by atoms with Gasteiger partial charge in [-0.05, 0) is 18.6 Å². The molecule has 0 unspecified atom stereocenters. The summed E-state index contributed by atoms with van der Waals surface area (Å²) in [4.78, 5) is 27.7. The normalized spacial score (nSPS) is 13.9. The fourth-order valence-corrected chi connectivity index (χ4v) is 4.38. The van der Waals surface area contributed by atoms with E-state index in [9.17, 15) is 14.9 Å². The number of piperazine rings is 1. The maximum Gasteiger partial charge on any atom is 0.271 e. The lowest BCUT2D eigenvalue weighted by Gasteiger charge is -2.36. The number of rotatable bonds is 6. The first-order chi connectivity index (χ1) is 16.8. The number of carbonyl (C=O) groups excluding carboxylic acids is 1. The zero-order chi connectivity index (χ0) is 25.1. The number of carbonyl (C=O) groups is 1. The van der Waals surface area contributed by atoms with E-state index >= 15 is 0 Å². The highest BCUT2D eigenvalue weighted by Crippen LogP contribution is 2.34. The number of benzene rings is 2. The Kier molecular flexibility index (Phi) is 6.88. The molecule has 180 valence electrons. The smallest absolute Gasteiger partial charge is 0.271 e. The van der Waals surface area contributed by atoms with Crippen LogP contribution in [-0.2, 0) is 0 Å². The minimum absolute atomic E-state index is 0.0636. The zero-order valence-corrected chi connectivity index (χ0v) is 19.9. The average molecular weight is 494 g/mol. The van der Waals surface area contributed by atoms with E-state index in [-0.39, 0.29) is 11.6 Å². The summed E-state index contributed by atoms with van der Waals surface area (Å²) in [5, 5.41) is 15.4. The molecule has 0 saturated carbocycles. The number of allylic oxidation sites excluding steroid dienone is 2. The van der Waals surface area contributed by atoms with Crippen molar-refractivity contribution in [1.29, 1.82) is 0 Å². The van der Waals surface area contributed by atoms with E-state index in [1.165, 1.54) is 12.1 Å². The summed E-state index contributed by atoms with van der Waals surface area (Å²) in [6.45, 7) is 7.30. The summed E-state index contributed by atoms with van der Waals surface area (Å²) >= 11 is 6.29. The van der Waals surface area contributed by atoms with Gasteiger partial charge < -0.3 is 20.1 Å². The van der Waals surface area contributed by atoms with Gasteiger partial charge in [0.2, 0.25) is 0 Å². The van der Waals surface area contributed by atoms with Crippen LogP contribution in [0.1, 0.15) is 21.7 Å². The largest absolute Gasteiger partial charge is 0.398 e. The van der Waals surface area contributed by atoms with E-state index in [0.717, 1.165) is 5.56 Å². The summed E-state index contributed by atoms with van der Waals surface area (Å²) in [5.41, 5.74) is 9.70. The number of amides is 1. The molecule has 0 bridgehead atoms. The molecule has 1 aliphatic heterocycles. The molecule has 1 saturated heterocycles. The van der Waals surface area contributed by atoms with Gasteiger partial charge in [-0.3, -0.25) is 14.9 Å². The summed E-state index contributed by atoms with van der Waals surface area (Å²) < 4.78 is 5.40. The second-order valence-corrected chi connectivity index (χ2v) is 8.44. The van der Waals surface area contributed by atoms with Crippen molar-refractivity contribution in [1.82, 2.24) is 10.1 Å². The van der Waals surface area contributed by atoms with Crippen molar-refractivity contribution in [3.05, 3.63) is 87.2 Å². The predicted molar refractivity (Wildman–Crippen MR) is 137 cm³/mol. The fraction of sp³-hybridized carbons (Fsp3) is 0.200. The Balaban J connectivity index is 1.55. The van der Waals surface area contributed by atoms with Gasteiger partial charge >= 0.3 is 0 Å². The second-order valence-electron chi connectivity index (χ2n) is 8.04. The van der Waals surface area contributed by atoms with Crippen LogP contribution in [0.25, 0.3) is 17.3 Å².